The second-order valence-electron chi connectivity index (χ2n) is 10.3. The average Bonchev–Trinajstić information content (AvgIpc) is 2.83. The van der Waals surface area contributed by atoms with Crippen LogP contribution in [-0.4, -0.2) is 69.4 Å². The molecule has 11 heteroatoms. The minimum Gasteiger partial charge on any atom is -0.483 e. The van der Waals surface area contributed by atoms with Gasteiger partial charge in [-0.3, -0.25) is 19.4 Å². The number of ether oxygens (including phenoxy) is 5. The van der Waals surface area contributed by atoms with Crippen molar-refractivity contribution in [3.8, 4) is 0 Å². The first-order valence-corrected chi connectivity index (χ1v) is 12.4. The van der Waals surface area contributed by atoms with Crippen LogP contribution in [0.5, 0.6) is 0 Å². The van der Waals surface area contributed by atoms with Crippen molar-refractivity contribution in [1.82, 2.24) is 4.98 Å². The molecule has 7 atom stereocenters. The zero-order valence-corrected chi connectivity index (χ0v) is 22.0. The molecular formula is C27H33NO10. The molecule has 4 rings (SSSR count). The summed E-state index contributed by atoms with van der Waals surface area (Å²) < 4.78 is 28.7. The van der Waals surface area contributed by atoms with Crippen LogP contribution in [0.4, 0.5) is 0 Å². The summed E-state index contributed by atoms with van der Waals surface area (Å²) in [7, 11) is 0. The SMILES string of the molecule is CC(=O)OC[C@@](C)(OC(C)=O)[C@@H]1C[C@H](OC(C)=O)[C@@]2(C)OC3=C(C(O)OC(c4cccnc4)=C3)[C@H](O)[C@@H]2C1. The third-order valence-corrected chi connectivity index (χ3v) is 7.55. The topological polar surface area (TPSA) is 151 Å². The molecule has 2 aliphatic heterocycles. The Morgan fingerprint density at radius 2 is 1.89 bits per heavy atom. The monoisotopic (exact) mass is 531 g/mol. The summed E-state index contributed by atoms with van der Waals surface area (Å²) in [5.41, 5.74) is -1.74. The Labute approximate surface area is 220 Å². The summed E-state index contributed by atoms with van der Waals surface area (Å²) in [6.07, 6.45) is 1.57. The number of pyridine rings is 1. The molecular weight excluding hydrogens is 498 g/mol. The van der Waals surface area contributed by atoms with E-state index in [4.69, 9.17) is 23.7 Å². The number of hydrogen-bond acceptors (Lipinski definition) is 11. The highest BCUT2D eigenvalue weighted by atomic mass is 16.6. The summed E-state index contributed by atoms with van der Waals surface area (Å²) >= 11 is 0. The van der Waals surface area contributed by atoms with Gasteiger partial charge in [0, 0.05) is 56.6 Å². The van der Waals surface area contributed by atoms with Gasteiger partial charge in [0.25, 0.3) is 0 Å². The van der Waals surface area contributed by atoms with E-state index in [1.165, 1.54) is 20.8 Å². The number of aliphatic hydroxyl groups excluding tert-OH is 2. The lowest BCUT2D eigenvalue weighted by molar-refractivity contribution is -0.227. The molecule has 0 radical (unpaired) electrons. The maximum Gasteiger partial charge on any atom is 0.303 e. The highest BCUT2D eigenvalue weighted by Gasteiger charge is 2.61. The van der Waals surface area contributed by atoms with Crippen molar-refractivity contribution >= 4 is 23.7 Å². The third kappa shape index (κ3) is 5.25. The molecule has 3 heterocycles. The van der Waals surface area contributed by atoms with Gasteiger partial charge < -0.3 is 33.9 Å². The van der Waals surface area contributed by atoms with Gasteiger partial charge in [0.15, 0.2) is 0 Å². The van der Waals surface area contributed by atoms with Crippen LogP contribution < -0.4 is 0 Å². The standard InChI is InChI=1S/C27H33NO10/c1-14(29)34-13-26(4,37-16(3)31)18-9-19-24(32)23-21(38-27(19,5)22(10-18)35-15(2)30)11-20(36-25(23)33)17-7-6-8-28-12-17/h6-8,11-12,18-19,22,24-25,32-33H,9-10,13H2,1-5H3/t18-,19-,22-,24+,25?,26+,27-/m0/s1. The predicted molar refractivity (Wildman–Crippen MR) is 130 cm³/mol. The van der Waals surface area contributed by atoms with Crippen molar-refractivity contribution in [2.24, 2.45) is 11.8 Å². The zero-order chi connectivity index (χ0) is 27.8. The zero-order valence-electron chi connectivity index (χ0n) is 22.0. The van der Waals surface area contributed by atoms with E-state index in [-0.39, 0.29) is 30.8 Å². The van der Waals surface area contributed by atoms with Crippen molar-refractivity contribution in [3.05, 3.63) is 47.5 Å². The van der Waals surface area contributed by atoms with Crippen LogP contribution in [0.15, 0.2) is 41.9 Å². The quantitative estimate of drug-likeness (QED) is 0.410. The molecule has 0 aromatic carbocycles. The van der Waals surface area contributed by atoms with E-state index >= 15 is 0 Å². The molecule has 1 aromatic heterocycles. The first-order valence-electron chi connectivity index (χ1n) is 12.4. The smallest absolute Gasteiger partial charge is 0.303 e. The Balaban J connectivity index is 1.75. The van der Waals surface area contributed by atoms with E-state index in [0.29, 0.717) is 11.3 Å². The Hall–Kier alpha value is -3.44. The van der Waals surface area contributed by atoms with Gasteiger partial charge in [-0.1, -0.05) is 0 Å². The number of esters is 3. The van der Waals surface area contributed by atoms with Gasteiger partial charge in [0.2, 0.25) is 6.29 Å². The minimum atomic E-state index is -1.50. The molecule has 1 aliphatic carbocycles. The van der Waals surface area contributed by atoms with E-state index < -0.39 is 59.4 Å². The van der Waals surface area contributed by atoms with Gasteiger partial charge in [-0.25, -0.2) is 0 Å². The molecule has 11 nitrogen and oxygen atoms in total. The van der Waals surface area contributed by atoms with Gasteiger partial charge in [-0.2, -0.15) is 0 Å². The fraction of sp³-hybridized carbons (Fsp3) is 0.556. The van der Waals surface area contributed by atoms with Crippen molar-refractivity contribution in [3.63, 3.8) is 0 Å². The Morgan fingerprint density at radius 1 is 1.16 bits per heavy atom. The largest absolute Gasteiger partial charge is 0.483 e. The molecule has 206 valence electrons. The van der Waals surface area contributed by atoms with Crippen molar-refractivity contribution < 1.29 is 48.3 Å². The lowest BCUT2D eigenvalue weighted by atomic mass is 9.61. The number of carbonyl (C=O) groups excluding carboxylic acids is 3. The van der Waals surface area contributed by atoms with Crippen LogP contribution in [0, 0.1) is 11.8 Å². The second-order valence-corrected chi connectivity index (χ2v) is 10.3. The first-order chi connectivity index (χ1) is 17.8. The van der Waals surface area contributed by atoms with Crippen LogP contribution >= 0.6 is 0 Å². The molecule has 0 saturated heterocycles. The van der Waals surface area contributed by atoms with E-state index in [0.717, 1.165) is 0 Å². The van der Waals surface area contributed by atoms with Crippen LogP contribution in [-0.2, 0) is 38.1 Å². The summed E-state index contributed by atoms with van der Waals surface area (Å²) in [5, 5.41) is 22.5. The number of hydrogen-bond donors (Lipinski definition) is 2. The van der Waals surface area contributed by atoms with E-state index in [9.17, 15) is 24.6 Å². The maximum absolute atomic E-state index is 12.1. The Bertz CT molecular complexity index is 1160. The fourth-order valence-corrected chi connectivity index (χ4v) is 5.66. The number of nitrogens with zero attached hydrogens (tertiary/aromatic N) is 1. The third-order valence-electron chi connectivity index (χ3n) is 7.55. The predicted octanol–water partition coefficient (Wildman–Crippen LogP) is 2.02. The van der Waals surface area contributed by atoms with Gasteiger partial charge in [0.1, 0.15) is 35.4 Å². The molecule has 3 aliphatic rings. The lowest BCUT2D eigenvalue weighted by Gasteiger charge is -2.55. The van der Waals surface area contributed by atoms with Gasteiger partial charge >= 0.3 is 17.9 Å². The van der Waals surface area contributed by atoms with E-state index in [2.05, 4.69) is 4.98 Å². The summed E-state index contributed by atoms with van der Waals surface area (Å²) in [5.74, 6) is -2.37. The van der Waals surface area contributed by atoms with Crippen molar-refractivity contribution in [1.29, 1.82) is 0 Å². The minimum absolute atomic E-state index is 0.136. The normalized spacial score (nSPS) is 31.8. The summed E-state index contributed by atoms with van der Waals surface area (Å²) in [6.45, 7) is 6.92. The van der Waals surface area contributed by atoms with E-state index in [1.54, 1.807) is 44.4 Å². The number of allylic oxidation sites excluding steroid dienone is 1. The molecule has 2 N–H and O–H groups in total. The molecule has 0 bridgehead atoms. The fourth-order valence-electron chi connectivity index (χ4n) is 5.66. The van der Waals surface area contributed by atoms with Crippen LogP contribution in [0.2, 0.25) is 0 Å². The number of fused-ring (bicyclic) bond motifs is 1. The molecule has 0 amide bonds. The number of aromatic nitrogens is 1. The average molecular weight is 532 g/mol. The second kappa shape index (κ2) is 10.4. The summed E-state index contributed by atoms with van der Waals surface area (Å²) in [6, 6.07) is 3.48. The van der Waals surface area contributed by atoms with Gasteiger partial charge in [-0.15, -0.1) is 0 Å². The van der Waals surface area contributed by atoms with Gasteiger partial charge in [0.05, 0.1) is 11.7 Å². The number of rotatable bonds is 6. The highest BCUT2D eigenvalue weighted by Crippen LogP contribution is 2.53. The van der Waals surface area contributed by atoms with Gasteiger partial charge in [-0.05, 0) is 38.8 Å². The molecule has 38 heavy (non-hydrogen) atoms. The molecule has 1 unspecified atom stereocenters. The number of carbonyl (C=O) groups is 3. The molecule has 1 aromatic rings. The van der Waals surface area contributed by atoms with Crippen LogP contribution in [0.25, 0.3) is 5.76 Å². The molecule has 1 saturated carbocycles. The highest BCUT2D eigenvalue weighted by molar-refractivity contribution is 5.68. The van der Waals surface area contributed by atoms with Crippen molar-refractivity contribution in [2.75, 3.05) is 6.61 Å². The van der Waals surface area contributed by atoms with E-state index in [1.807, 2.05) is 0 Å². The molecule has 0 spiro atoms. The Morgan fingerprint density at radius 3 is 2.50 bits per heavy atom. The first kappa shape index (κ1) is 27.6. The van der Waals surface area contributed by atoms with Crippen molar-refractivity contribution in [2.45, 2.75) is 77.2 Å². The van der Waals surface area contributed by atoms with Crippen LogP contribution in [0.1, 0.15) is 53.0 Å². The van der Waals surface area contributed by atoms with Crippen LogP contribution in [0.3, 0.4) is 0 Å². The number of aliphatic hydroxyl groups is 2. The molecule has 1 fully saturated rings. The maximum atomic E-state index is 12.1. The summed E-state index contributed by atoms with van der Waals surface area (Å²) in [4.78, 5) is 39.8. The lowest BCUT2D eigenvalue weighted by Crippen LogP contribution is -2.64. The Kier molecular flexibility index (Phi) is 7.53.